The normalized spacial score (nSPS) is 10.8. The molecule has 0 unspecified atom stereocenters. The van der Waals surface area contributed by atoms with Crippen molar-refractivity contribution in [2.24, 2.45) is 0 Å². The van der Waals surface area contributed by atoms with E-state index in [0.29, 0.717) is 6.54 Å². The molecule has 0 aromatic carbocycles. The highest BCUT2D eigenvalue weighted by Gasteiger charge is 1.90. The van der Waals surface area contributed by atoms with Crippen LogP contribution in [0.1, 0.15) is 13.8 Å². The molecule has 0 aliphatic heterocycles. The molecule has 0 heterocycles. The van der Waals surface area contributed by atoms with Crippen molar-refractivity contribution in [3.63, 3.8) is 0 Å². The van der Waals surface area contributed by atoms with Crippen LogP contribution in [0.25, 0.3) is 0 Å². The average molecular weight is 139 g/mol. The van der Waals surface area contributed by atoms with Crippen molar-refractivity contribution in [2.75, 3.05) is 6.54 Å². The van der Waals surface area contributed by atoms with Gasteiger partial charge in [0, 0.05) is 13.5 Å². The maximum atomic E-state index is 10.4. The van der Waals surface area contributed by atoms with E-state index in [-0.39, 0.29) is 5.91 Å². The Labute approximate surface area is 61.6 Å². The van der Waals surface area contributed by atoms with Crippen LogP contribution < -0.4 is 5.32 Å². The first-order valence-electron chi connectivity index (χ1n) is 3.22. The van der Waals surface area contributed by atoms with Gasteiger partial charge in [0.15, 0.2) is 0 Å². The third-order valence-electron chi connectivity index (χ3n) is 1.17. The topological polar surface area (TPSA) is 29.1 Å². The minimum atomic E-state index is -0.0128. The average Bonchev–Trinajstić information content (AvgIpc) is 1.90. The fraction of sp³-hybridized carbons (Fsp3) is 0.375. The van der Waals surface area contributed by atoms with Crippen LogP contribution in [0.2, 0.25) is 0 Å². The second kappa shape index (κ2) is 4.79. The molecule has 0 aliphatic rings. The largest absolute Gasteiger partial charge is 0.352 e. The third kappa shape index (κ3) is 3.89. The zero-order valence-corrected chi connectivity index (χ0v) is 6.48. The molecule has 1 amide bonds. The van der Waals surface area contributed by atoms with Crippen LogP contribution in [0.5, 0.6) is 0 Å². The fourth-order valence-electron chi connectivity index (χ4n) is 0.519. The van der Waals surface area contributed by atoms with Crippen molar-refractivity contribution in [1.29, 1.82) is 0 Å². The maximum absolute atomic E-state index is 10.4. The smallest absolute Gasteiger partial charge is 0.217 e. The van der Waals surface area contributed by atoms with Gasteiger partial charge in [0.25, 0.3) is 0 Å². The van der Waals surface area contributed by atoms with Crippen molar-refractivity contribution in [2.45, 2.75) is 13.8 Å². The first kappa shape index (κ1) is 8.95. The number of hydrogen-bond donors (Lipinski definition) is 1. The van der Waals surface area contributed by atoms with Crippen LogP contribution in [0.15, 0.2) is 24.3 Å². The molecule has 0 atom stereocenters. The fourth-order valence-corrected chi connectivity index (χ4v) is 0.519. The summed E-state index contributed by atoms with van der Waals surface area (Å²) >= 11 is 0. The van der Waals surface area contributed by atoms with E-state index in [1.807, 2.05) is 13.0 Å². The molecule has 0 saturated heterocycles. The van der Waals surface area contributed by atoms with Gasteiger partial charge in [0.05, 0.1) is 0 Å². The first-order chi connectivity index (χ1) is 4.70. The van der Waals surface area contributed by atoms with Crippen LogP contribution in [0, 0.1) is 0 Å². The highest BCUT2D eigenvalue weighted by Crippen LogP contribution is 1.91. The Balaban J connectivity index is 3.66. The van der Waals surface area contributed by atoms with Crippen LogP contribution >= 0.6 is 0 Å². The van der Waals surface area contributed by atoms with Crippen molar-refractivity contribution < 1.29 is 4.79 Å². The summed E-state index contributed by atoms with van der Waals surface area (Å²) in [5, 5.41) is 2.67. The van der Waals surface area contributed by atoms with Gasteiger partial charge < -0.3 is 5.32 Å². The molecule has 10 heavy (non-hydrogen) atoms. The third-order valence-corrected chi connectivity index (χ3v) is 1.17. The predicted molar refractivity (Wildman–Crippen MR) is 42.6 cm³/mol. The standard InChI is InChI=1S/C8H13NO/c1-4-8(5-2)6-9-7(3)10/h4-5H,1,6H2,2-3H3,(H,9,10)/b8-5+. The number of carbonyl (C=O) groups is 1. The zero-order valence-electron chi connectivity index (χ0n) is 6.48. The molecule has 56 valence electrons. The molecule has 0 aromatic heterocycles. The Morgan fingerprint density at radius 2 is 2.30 bits per heavy atom. The molecule has 0 rings (SSSR count). The van der Waals surface area contributed by atoms with Gasteiger partial charge in [-0.15, -0.1) is 0 Å². The zero-order chi connectivity index (χ0) is 7.98. The summed E-state index contributed by atoms with van der Waals surface area (Å²) in [6, 6.07) is 0. The van der Waals surface area contributed by atoms with E-state index in [1.165, 1.54) is 6.92 Å². The van der Waals surface area contributed by atoms with Gasteiger partial charge in [-0.2, -0.15) is 0 Å². The lowest BCUT2D eigenvalue weighted by Crippen LogP contribution is -2.21. The summed E-state index contributed by atoms with van der Waals surface area (Å²) in [4.78, 5) is 10.4. The van der Waals surface area contributed by atoms with Crippen LogP contribution in [-0.4, -0.2) is 12.5 Å². The molecular weight excluding hydrogens is 126 g/mol. The summed E-state index contributed by atoms with van der Waals surface area (Å²) in [6.07, 6.45) is 3.65. The second-order valence-corrected chi connectivity index (χ2v) is 1.98. The van der Waals surface area contributed by atoms with Gasteiger partial charge >= 0.3 is 0 Å². The minimum absolute atomic E-state index is 0.0128. The molecule has 2 nitrogen and oxygen atoms in total. The number of hydrogen-bond acceptors (Lipinski definition) is 1. The van der Waals surface area contributed by atoms with Crippen LogP contribution in [0.3, 0.4) is 0 Å². The Bertz CT molecular complexity index is 159. The van der Waals surface area contributed by atoms with Crippen molar-refractivity contribution in [3.05, 3.63) is 24.3 Å². The summed E-state index contributed by atoms with van der Waals surface area (Å²) in [5.41, 5.74) is 1.04. The van der Waals surface area contributed by atoms with Crippen LogP contribution in [0.4, 0.5) is 0 Å². The first-order valence-corrected chi connectivity index (χ1v) is 3.22. The molecule has 0 bridgehead atoms. The van der Waals surface area contributed by atoms with Crippen molar-refractivity contribution >= 4 is 5.91 Å². The van der Waals surface area contributed by atoms with E-state index in [1.54, 1.807) is 6.08 Å². The Morgan fingerprint density at radius 3 is 2.60 bits per heavy atom. The molecule has 0 aromatic rings. The summed E-state index contributed by atoms with van der Waals surface area (Å²) in [5.74, 6) is -0.0128. The summed E-state index contributed by atoms with van der Waals surface area (Å²) < 4.78 is 0. The maximum Gasteiger partial charge on any atom is 0.217 e. The van der Waals surface area contributed by atoms with Gasteiger partial charge in [-0.1, -0.05) is 18.7 Å². The number of allylic oxidation sites excluding steroid dienone is 1. The molecule has 1 N–H and O–H groups in total. The summed E-state index contributed by atoms with van der Waals surface area (Å²) in [6.45, 7) is 7.58. The number of carbonyl (C=O) groups excluding carboxylic acids is 1. The number of rotatable bonds is 3. The number of amides is 1. The highest BCUT2D eigenvalue weighted by atomic mass is 16.1. The van der Waals surface area contributed by atoms with Gasteiger partial charge in [0.2, 0.25) is 5.91 Å². The van der Waals surface area contributed by atoms with Crippen molar-refractivity contribution in [3.8, 4) is 0 Å². The van der Waals surface area contributed by atoms with Crippen molar-refractivity contribution in [1.82, 2.24) is 5.32 Å². The Hall–Kier alpha value is -1.05. The lowest BCUT2D eigenvalue weighted by molar-refractivity contribution is -0.118. The SMILES string of the molecule is C=C/C(=C\C)CNC(C)=O. The van der Waals surface area contributed by atoms with E-state index < -0.39 is 0 Å². The quantitative estimate of drug-likeness (QED) is 0.586. The summed E-state index contributed by atoms with van der Waals surface area (Å²) in [7, 11) is 0. The van der Waals surface area contributed by atoms with E-state index in [9.17, 15) is 4.79 Å². The van der Waals surface area contributed by atoms with E-state index in [4.69, 9.17) is 0 Å². The molecule has 0 spiro atoms. The van der Waals surface area contributed by atoms with Gasteiger partial charge in [-0.05, 0) is 12.5 Å². The van der Waals surface area contributed by atoms with Gasteiger partial charge in [-0.3, -0.25) is 4.79 Å². The molecule has 0 saturated carbocycles. The van der Waals surface area contributed by atoms with E-state index in [0.717, 1.165) is 5.57 Å². The van der Waals surface area contributed by atoms with Gasteiger partial charge in [0.1, 0.15) is 0 Å². The lowest BCUT2D eigenvalue weighted by atomic mass is 10.2. The molecule has 0 fully saturated rings. The molecule has 0 aliphatic carbocycles. The second-order valence-electron chi connectivity index (χ2n) is 1.98. The number of nitrogens with one attached hydrogen (secondary N) is 1. The van der Waals surface area contributed by atoms with Crippen LogP contribution in [-0.2, 0) is 4.79 Å². The predicted octanol–water partition coefficient (Wildman–Crippen LogP) is 1.25. The Kier molecular flexibility index (Phi) is 4.29. The lowest BCUT2D eigenvalue weighted by Gasteiger charge is -2.00. The van der Waals surface area contributed by atoms with E-state index >= 15 is 0 Å². The highest BCUT2D eigenvalue weighted by molar-refractivity contribution is 5.73. The monoisotopic (exact) mass is 139 g/mol. The van der Waals surface area contributed by atoms with Gasteiger partial charge in [-0.25, -0.2) is 0 Å². The Morgan fingerprint density at radius 1 is 1.70 bits per heavy atom. The minimum Gasteiger partial charge on any atom is -0.352 e. The molecule has 2 heteroatoms. The molecular formula is C8H13NO. The molecule has 0 radical (unpaired) electrons. The van der Waals surface area contributed by atoms with E-state index in [2.05, 4.69) is 11.9 Å².